The zero-order valence-electron chi connectivity index (χ0n) is 6.02. The van der Waals surface area contributed by atoms with Crippen LogP contribution < -0.4 is 0 Å². The fraction of sp³-hybridized carbons (Fsp3) is 0.125. The molecule has 1 rings (SSSR count). The van der Waals surface area contributed by atoms with E-state index in [0.29, 0.717) is 0 Å². The summed E-state index contributed by atoms with van der Waals surface area (Å²) in [7, 11) is 0. The van der Waals surface area contributed by atoms with E-state index in [4.69, 9.17) is 0 Å². The van der Waals surface area contributed by atoms with Crippen LogP contribution in [0.3, 0.4) is 0 Å². The van der Waals surface area contributed by atoms with Gasteiger partial charge in [0.1, 0.15) is 5.82 Å². The fourth-order valence-electron chi connectivity index (χ4n) is 0.836. The maximum atomic E-state index is 3.80. The van der Waals surface area contributed by atoms with E-state index in [-0.39, 0.29) is 1.43 Å². The Morgan fingerprint density at radius 1 is 1.80 bits per heavy atom. The first-order valence-corrected chi connectivity index (χ1v) is 3.05. The topological polar surface area (TPSA) is 28.1 Å². The molecule has 2 heteroatoms. The molecule has 0 spiro atoms. The Morgan fingerprint density at radius 2 is 2.50 bits per heavy atom. The highest BCUT2D eigenvalue weighted by atomic mass is 14.9. The van der Waals surface area contributed by atoms with Crippen LogP contribution in [-0.4, -0.2) is 11.7 Å². The summed E-state index contributed by atoms with van der Waals surface area (Å²) in [6.07, 6.45) is 1.83. The number of hydrogen-bond donors (Lipinski definition) is 1. The minimum atomic E-state index is 0. The minimum Gasteiger partial charge on any atom is -0.346 e. The van der Waals surface area contributed by atoms with E-state index < -0.39 is 0 Å². The van der Waals surface area contributed by atoms with Crippen LogP contribution in [-0.2, 0) is 0 Å². The number of nitrogens with zero attached hydrogens (tertiary/aromatic N) is 1. The number of H-pyrrole nitrogens is 1. The number of allylic oxidation sites excluding steroid dienone is 1. The second kappa shape index (κ2) is 2.52. The summed E-state index contributed by atoms with van der Waals surface area (Å²) in [6.45, 7) is 9.16. The van der Waals surface area contributed by atoms with E-state index >= 15 is 0 Å². The van der Waals surface area contributed by atoms with Gasteiger partial charge in [0.2, 0.25) is 0 Å². The predicted octanol–water partition coefficient (Wildman–Crippen LogP) is 2.63. The summed E-state index contributed by atoms with van der Waals surface area (Å²) in [5.74, 6) is 0.799. The van der Waals surface area contributed by atoms with Crippen LogP contribution >= 0.6 is 0 Å². The van der Waals surface area contributed by atoms with Crippen LogP contribution in [0.1, 0.15) is 13.9 Å². The van der Waals surface area contributed by atoms with Gasteiger partial charge in [-0.1, -0.05) is 6.58 Å². The molecule has 10 heavy (non-hydrogen) atoms. The first-order valence-electron chi connectivity index (χ1n) is 3.05. The quantitative estimate of drug-likeness (QED) is 0.605. The average Bonchev–Trinajstić information content (AvgIpc) is 2.33. The Morgan fingerprint density at radius 3 is 2.90 bits per heavy atom. The van der Waals surface area contributed by atoms with Crippen molar-refractivity contribution in [1.82, 2.24) is 4.98 Å². The van der Waals surface area contributed by atoms with Gasteiger partial charge < -0.3 is 4.98 Å². The summed E-state index contributed by atoms with van der Waals surface area (Å²) in [5, 5.41) is 0. The van der Waals surface area contributed by atoms with Crippen LogP contribution in [0.4, 0.5) is 5.82 Å². The summed E-state index contributed by atoms with van der Waals surface area (Å²) in [6, 6.07) is 1.94. The number of rotatable bonds is 2. The first-order chi connectivity index (χ1) is 4.75. The summed E-state index contributed by atoms with van der Waals surface area (Å²) < 4.78 is 0. The highest BCUT2D eigenvalue weighted by Crippen LogP contribution is 2.22. The Labute approximate surface area is 61.8 Å². The van der Waals surface area contributed by atoms with Crippen molar-refractivity contribution < 1.29 is 1.43 Å². The van der Waals surface area contributed by atoms with Gasteiger partial charge in [0.15, 0.2) is 0 Å². The molecule has 1 N–H and O–H groups in total. The molecule has 2 nitrogen and oxygen atoms in total. The maximum absolute atomic E-state index is 3.80. The van der Waals surface area contributed by atoms with Crippen molar-refractivity contribution in [2.45, 2.75) is 6.92 Å². The van der Waals surface area contributed by atoms with Gasteiger partial charge in [-0.15, -0.1) is 0 Å². The molecule has 0 radical (unpaired) electrons. The van der Waals surface area contributed by atoms with Gasteiger partial charge in [-0.3, -0.25) is 0 Å². The maximum Gasteiger partial charge on any atom is 0.136 e. The van der Waals surface area contributed by atoms with Crippen LogP contribution in [0, 0.1) is 0 Å². The van der Waals surface area contributed by atoms with Crippen molar-refractivity contribution >= 4 is 18.1 Å². The Kier molecular flexibility index (Phi) is 1.71. The molecule has 1 aromatic rings. The van der Waals surface area contributed by atoms with Crippen molar-refractivity contribution in [3.63, 3.8) is 0 Å². The van der Waals surface area contributed by atoms with Crippen molar-refractivity contribution in [2.24, 2.45) is 4.99 Å². The molecule has 0 aromatic carbocycles. The molecule has 1 heterocycles. The number of aliphatic imine (C=N–C) groups is 1. The zero-order valence-corrected chi connectivity index (χ0v) is 6.02. The molecule has 0 bridgehead atoms. The lowest BCUT2D eigenvalue weighted by Gasteiger charge is -1.94. The number of aromatic amines is 1. The highest BCUT2D eigenvalue weighted by Gasteiger charge is 1.99. The normalized spacial score (nSPS) is 9.30. The van der Waals surface area contributed by atoms with E-state index in [1.807, 2.05) is 19.2 Å². The molecule has 0 saturated heterocycles. The molecular formula is C8H12N2. The number of hydrogen-bond acceptors (Lipinski definition) is 1. The van der Waals surface area contributed by atoms with E-state index in [2.05, 4.69) is 23.3 Å². The second-order valence-corrected chi connectivity index (χ2v) is 2.18. The lowest BCUT2D eigenvalue weighted by molar-refractivity contribution is 1.34. The summed E-state index contributed by atoms with van der Waals surface area (Å²) >= 11 is 0. The van der Waals surface area contributed by atoms with Crippen molar-refractivity contribution in [3.05, 3.63) is 24.4 Å². The Bertz CT molecular complexity index is 263. The first kappa shape index (κ1) is 6.81. The van der Waals surface area contributed by atoms with Crippen LogP contribution in [0.2, 0.25) is 0 Å². The molecule has 0 aliphatic heterocycles. The molecule has 0 fully saturated rings. The largest absolute Gasteiger partial charge is 0.346 e. The third-order valence-corrected chi connectivity index (χ3v) is 1.34. The van der Waals surface area contributed by atoms with E-state index in [1.165, 1.54) is 0 Å². The number of nitrogens with one attached hydrogen (secondary N) is 1. The lowest BCUT2D eigenvalue weighted by Crippen LogP contribution is -1.71. The lowest BCUT2D eigenvalue weighted by atomic mass is 10.2. The zero-order chi connectivity index (χ0) is 7.56. The van der Waals surface area contributed by atoms with E-state index in [9.17, 15) is 0 Å². The van der Waals surface area contributed by atoms with E-state index in [0.717, 1.165) is 17.0 Å². The van der Waals surface area contributed by atoms with Gasteiger partial charge in [0.25, 0.3) is 0 Å². The summed E-state index contributed by atoms with van der Waals surface area (Å²) in [5.41, 5.74) is 2.04. The fourth-order valence-corrected chi connectivity index (χ4v) is 0.836. The predicted molar refractivity (Wildman–Crippen MR) is 46.8 cm³/mol. The Balaban J connectivity index is 0.000001000. The van der Waals surface area contributed by atoms with Gasteiger partial charge in [-0.2, -0.15) is 0 Å². The minimum absolute atomic E-state index is 0. The molecule has 0 unspecified atom stereocenters. The second-order valence-electron chi connectivity index (χ2n) is 2.18. The summed E-state index contributed by atoms with van der Waals surface area (Å²) in [4.78, 5) is 6.73. The molecule has 0 aliphatic rings. The van der Waals surface area contributed by atoms with Crippen LogP contribution in [0.25, 0.3) is 5.57 Å². The molecule has 54 valence electrons. The Hall–Kier alpha value is -1.31. The van der Waals surface area contributed by atoms with Gasteiger partial charge >= 0.3 is 0 Å². The van der Waals surface area contributed by atoms with Crippen LogP contribution in [0.5, 0.6) is 0 Å². The number of aromatic nitrogens is 1. The molecule has 1 aromatic heterocycles. The average molecular weight is 136 g/mol. The third kappa shape index (κ3) is 1.00. The van der Waals surface area contributed by atoms with Crippen molar-refractivity contribution in [1.29, 1.82) is 0 Å². The van der Waals surface area contributed by atoms with Gasteiger partial charge in [0, 0.05) is 13.2 Å². The third-order valence-electron chi connectivity index (χ3n) is 1.34. The SMILES string of the molecule is C=Nc1[nH]ccc1C(=C)C.[HH]. The van der Waals surface area contributed by atoms with E-state index in [1.54, 1.807) is 0 Å². The highest BCUT2D eigenvalue weighted by molar-refractivity contribution is 5.70. The van der Waals surface area contributed by atoms with Gasteiger partial charge in [-0.25, -0.2) is 4.99 Å². The van der Waals surface area contributed by atoms with Crippen molar-refractivity contribution in [2.75, 3.05) is 0 Å². The standard InChI is InChI=1S/C8H10N2.H2/c1-6(2)7-4-5-10-8(7)9-3;/h4-5,10H,1,3H2,2H3;1H. The monoisotopic (exact) mass is 136 g/mol. The smallest absolute Gasteiger partial charge is 0.136 e. The van der Waals surface area contributed by atoms with Crippen molar-refractivity contribution in [3.8, 4) is 0 Å². The molecule has 0 saturated carbocycles. The van der Waals surface area contributed by atoms with Gasteiger partial charge in [-0.05, 0) is 25.3 Å². The van der Waals surface area contributed by atoms with Crippen LogP contribution in [0.15, 0.2) is 23.8 Å². The molecular weight excluding hydrogens is 124 g/mol. The molecule has 0 atom stereocenters. The molecule has 0 amide bonds. The van der Waals surface area contributed by atoms with Gasteiger partial charge in [0.05, 0.1) is 0 Å². The molecule has 0 aliphatic carbocycles.